The Hall–Kier alpha value is -1.44. The van der Waals surface area contributed by atoms with Crippen LogP contribution in [0.5, 0.6) is 5.75 Å². The summed E-state index contributed by atoms with van der Waals surface area (Å²) in [6, 6.07) is 7.61. The summed E-state index contributed by atoms with van der Waals surface area (Å²) >= 11 is 0. The van der Waals surface area contributed by atoms with E-state index in [0.29, 0.717) is 6.61 Å². The number of rotatable bonds is 2. The highest BCUT2D eigenvalue weighted by atomic mass is 16.5. The fraction of sp³-hybridized carbons (Fsp3) is 0.200. The summed E-state index contributed by atoms with van der Waals surface area (Å²) in [6.07, 6.45) is 2.68. The molecule has 2 aromatic rings. The highest BCUT2D eigenvalue weighted by Crippen LogP contribution is 2.25. The lowest BCUT2D eigenvalue weighted by Crippen LogP contribution is -1.90. The fourth-order valence-corrected chi connectivity index (χ4v) is 1.18. The van der Waals surface area contributed by atoms with Gasteiger partial charge in [-0.3, -0.25) is 0 Å². The first-order chi connectivity index (χ1) is 5.92. The van der Waals surface area contributed by atoms with E-state index in [1.165, 1.54) is 0 Å². The first-order valence-corrected chi connectivity index (χ1v) is 3.93. The second-order valence-corrected chi connectivity index (χ2v) is 2.47. The Morgan fingerprint density at radius 2 is 2.42 bits per heavy atom. The summed E-state index contributed by atoms with van der Waals surface area (Å²) in [4.78, 5) is 0. The van der Waals surface area contributed by atoms with E-state index in [2.05, 4.69) is 6.26 Å². The van der Waals surface area contributed by atoms with Gasteiger partial charge in [-0.1, -0.05) is 12.1 Å². The van der Waals surface area contributed by atoms with Crippen LogP contribution in [0.4, 0.5) is 0 Å². The van der Waals surface area contributed by atoms with Crippen molar-refractivity contribution in [1.82, 2.24) is 0 Å². The van der Waals surface area contributed by atoms with Gasteiger partial charge in [0.1, 0.15) is 0 Å². The first kappa shape index (κ1) is 7.22. The molecular formula is C10H9O2. The van der Waals surface area contributed by atoms with Gasteiger partial charge < -0.3 is 9.15 Å². The molecule has 1 aromatic heterocycles. The molecule has 61 valence electrons. The van der Waals surface area contributed by atoms with E-state index in [-0.39, 0.29) is 0 Å². The minimum atomic E-state index is 0.653. The summed E-state index contributed by atoms with van der Waals surface area (Å²) in [7, 11) is 0. The number of furan rings is 1. The van der Waals surface area contributed by atoms with Crippen molar-refractivity contribution in [3.05, 3.63) is 30.5 Å². The van der Waals surface area contributed by atoms with E-state index in [4.69, 9.17) is 9.15 Å². The molecule has 0 aliphatic heterocycles. The Balaban J connectivity index is 2.57. The van der Waals surface area contributed by atoms with Crippen LogP contribution in [-0.2, 0) is 0 Å². The van der Waals surface area contributed by atoms with E-state index < -0.39 is 0 Å². The first-order valence-electron chi connectivity index (χ1n) is 3.93. The molecular weight excluding hydrogens is 152 g/mol. The Kier molecular flexibility index (Phi) is 1.74. The van der Waals surface area contributed by atoms with Crippen LogP contribution in [0.15, 0.2) is 28.7 Å². The highest BCUT2D eigenvalue weighted by Gasteiger charge is 2.03. The highest BCUT2D eigenvalue weighted by molar-refractivity contribution is 5.82. The van der Waals surface area contributed by atoms with E-state index in [1.54, 1.807) is 6.07 Å². The third-order valence-corrected chi connectivity index (χ3v) is 1.68. The van der Waals surface area contributed by atoms with Crippen LogP contribution in [-0.4, -0.2) is 6.61 Å². The standard InChI is InChI=1S/C10H9O2/c1-2-11-9-5-3-4-8-6-7-12-10(8)9/h3-6H,2H2,1H3. The molecule has 1 heterocycles. The predicted octanol–water partition coefficient (Wildman–Crippen LogP) is 2.63. The maximum absolute atomic E-state index is 5.36. The summed E-state index contributed by atoms with van der Waals surface area (Å²) in [5.74, 6) is 0.788. The van der Waals surface area contributed by atoms with Crippen molar-refractivity contribution in [2.24, 2.45) is 0 Å². The number of hydrogen-bond acceptors (Lipinski definition) is 2. The molecule has 2 nitrogen and oxygen atoms in total. The van der Waals surface area contributed by atoms with Gasteiger partial charge in [-0.15, -0.1) is 0 Å². The van der Waals surface area contributed by atoms with Gasteiger partial charge in [0, 0.05) is 5.39 Å². The Labute approximate surface area is 70.8 Å². The van der Waals surface area contributed by atoms with Crippen molar-refractivity contribution in [3.63, 3.8) is 0 Å². The van der Waals surface area contributed by atoms with Crippen molar-refractivity contribution in [1.29, 1.82) is 0 Å². The molecule has 0 saturated heterocycles. The van der Waals surface area contributed by atoms with Crippen molar-refractivity contribution in [2.45, 2.75) is 6.92 Å². The summed E-state index contributed by atoms with van der Waals surface area (Å²) < 4.78 is 10.5. The van der Waals surface area contributed by atoms with Crippen molar-refractivity contribution in [3.8, 4) is 5.75 Å². The van der Waals surface area contributed by atoms with Crippen molar-refractivity contribution >= 4 is 11.0 Å². The van der Waals surface area contributed by atoms with Crippen LogP contribution in [0.25, 0.3) is 11.0 Å². The predicted molar refractivity (Wildman–Crippen MR) is 46.2 cm³/mol. The molecule has 1 aromatic carbocycles. The molecule has 0 bridgehead atoms. The van der Waals surface area contributed by atoms with Crippen LogP contribution in [0.3, 0.4) is 0 Å². The topological polar surface area (TPSA) is 22.4 Å². The molecule has 12 heavy (non-hydrogen) atoms. The summed E-state index contributed by atoms with van der Waals surface area (Å²) in [5.41, 5.74) is 0.777. The average molecular weight is 161 g/mol. The third kappa shape index (κ3) is 1.05. The summed E-state index contributed by atoms with van der Waals surface area (Å²) in [5, 5.41) is 1.03. The fourth-order valence-electron chi connectivity index (χ4n) is 1.18. The van der Waals surface area contributed by atoms with E-state index in [9.17, 15) is 0 Å². The molecule has 1 radical (unpaired) electrons. The van der Waals surface area contributed by atoms with Crippen LogP contribution >= 0.6 is 0 Å². The van der Waals surface area contributed by atoms with Gasteiger partial charge in [-0.2, -0.15) is 0 Å². The molecule has 0 unspecified atom stereocenters. The average Bonchev–Trinajstić information content (AvgIpc) is 2.53. The number of ether oxygens (including phenoxy) is 1. The van der Waals surface area contributed by atoms with Gasteiger partial charge >= 0.3 is 0 Å². The lowest BCUT2D eigenvalue weighted by Gasteiger charge is -2.01. The molecule has 0 atom stereocenters. The van der Waals surface area contributed by atoms with Gasteiger partial charge in [0.05, 0.1) is 6.61 Å². The molecule has 0 N–H and O–H groups in total. The van der Waals surface area contributed by atoms with Gasteiger partial charge in [0.2, 0.25) is 0 Å². The zero-order valence-corrected chi connectivity index (χ0v) is 6.83. The molecule has 0 amide bonds. The minimum Gasteiger partial charge on any atom is -0.490 e. The smallest absolute Gasteiger partial charge is 0.176 e. The minimum absolute atomic E-state index is 0.653. The zero-order valence-electron chi connectivity index (χ0n) is 6.83. The maximum atomic E-state index is 5.36. The van der Waals surface area contributed by atoms with Crippen LogP contribution < -0.4 is 4.74 Å². The number of para-hydroxylation sites is 1. The van der Waals surface area contributed by atoms with E-state index in [1.807, 2.05) is 25.1 Å². The molecule has 2 heteroatoms. The van der Waals surface area contributed by atoms with Crippen molar-refractivity contribution in [2.75, 3.05) is 6.61 Å². The number of benzene rings is 1. The zero-order chi connectivity index (χ0) is 8.39. The number of hydrogen-bond donors (Lipinski definition) is 0. The molecule has 2 rings (SSSR count). The molecule has 0 aliphatic carbocycles. The Morgan fingerprint density at radius 3 is 3.25 bits per heavy atom. The van der Waals surface area contributed by atoms with Gasteiger partial charge in [0.25, 0.3) is 0 Å². The van der Waals surface area contributed by atoms with Gasteiger partial charge in [0.15, 0.2) is 17.6 Å². The molecule has 0 spiro atoms. The second-order valence-electron chi connectivity index (χ2n) is 2.47. The van der Waals surface area contributed by atoms with Crippen LogP contribution in [0, 0.1) is 6.26 Å². The van der Waals surface area contributed by atoms with E-state index in [0.717, 1.165) is 16.7 Å². The van der Waals surface area contributed by atoms with Gasteiger partial charge in [-0.05, 0) is 19.1 Å². The lowest BCUT2D eigenvalue weighted by molar-refractivity contribution is 0.338. The molecule has 0 fully saturated rings. The molecule has 0 saturated carbocycles. The quantitative estimate of drug-likeness (QED) is 0.675. The van der Waals surface area contributed by atoms with Crippen molar-refractivity contribution < 1.29 is 9.15 Å². The third-order valence-electron chi connectivity index (χ3n) is 1.68. The Bertz CT molecular complexity index is 376. The monoisotopic (exact) mass is 161 g/mol. The largest absolute Gasteiger partial charge is 0.490 e. The maximum Gasteiger partial charge on any atom is 0.176 e. The van der Waals surface area contributed by atoms with Crippen LogP contribution in [0.2, 0.25) is 0 Å². The normalized spacial score (nSPS) is 10.4. The van der Waals surface area contributed by atoms with Gasteiger partial charge in [-0.25, -0.2) is 0 Å². The summed E-state index contributed by atoms with van der Waals surface area (Å²) in [6.45, 7) is 2.60. The second kappa shape index (κ2) is 2.89. The molecule has 0 aliphatic rings. The number of fused-ring (bicyclic) bond motifs is 1. The van der Waals surface area contributed by atoms with E-state index >= 15 is 0 Å². The Morgan fingerprint density at radius 1 is 1.50 bits per heavy atom. The SMILES string of the molecule is CCOc1cccc2c[c]oc12. The van der Waals surface area contributed by atoms with Crippen LogP contribution in [0.1, 0.15) is 6.92 Å². The lowest BCUT2D eigenvalue weighted by atomic mass is 10.2.